The molecule has 0 aliphatic heterocycles. The van der Waals surface area contributed by atoms with Crippen LogP contribution in [0.15, 0.2) is 0 Å². The molecule has 0 aromatic rings. The molecule has 14 heavy (non-hydrogen) atoms. The van der Waals surface area contributed by atoms with E-state index in [0.29, 0.717) is 12.6 Å². The monoisotopic (exact) mass is 199 g/mol. The number of carbonyl (C=O) groups is 1. The van der Waals surface area contributed by atoms with Crippen molar-refractivity contribution in [2.75, 3.05) is 19.8 Å². The van der Waals surface area contributed by atoms with Crippen molar-refractivity contribution in [3.05, 3.63) is 0 Å². The van der Waals surface area contributed by atoms with Crippen LogP contribution in [0.1, 0.15) is 33.6 Å². The number of rotatable bonds is 6. The van der Waals surface area contributed by atoms with Crippen LogP contribution in [0.25, 0.3) is 0 Å². The number of ether oxygens (including phenoxy) is 1. The van der Waals surface area contributed by atoms with E-state index in [0.717, 1.165) is 12.5 Å². The zero-order chi connectivity index (χ0) is 10.6. The van der Waals surface area contributed by atoms with Gasteiger partial charge in [-0.15, -0.1) is 0 Å². The van der Waals surface area contributed by atoms with Gasteiger partial charge < -0.3 is 9.64 Å². The van der Waals surface area contributed by atoms with E-state index in [1.165, 1.54) is 12.8 Å². The molecule has 0 bridgehead atoms. The van der Waals surface area contributed by atoms with Crippen molar-refractivity contribution in [2.45, 2.75) is 39.7 Å². The molecule has 0 atom stereocenters. The Morgan fingerprint density at radius 3 is 2.57 bits per heavy atom. The van der Waals surface area contributed by atoms with E-state index in [1.807, 2.05) is 11.8 Å². The summed E-state index contributed by atoms with van der Waals surface area (Å²) >= 11 is 0. The summed E-state index contributed by atoms with van der Waals surface area (Å²) in [6.07, 6.45) is 2.57. The van der Waals surface area contributed by atoms with Gasteiger partial charge in [0.25, 0.3) is 0 Å². The molecule has 0 radical (unpaired) electrons. The normalized spacial score (nSPS) is 16.0. The highest BCUT2D eigenvalue weighted by atomic mass is 16.5. The van der Waals surface area contributed by atoms with Gasteiger partial charge in [0.1, 0.15) is 6.61 Å². The highest BCUT2D eigenvalue weighted by Crippen LogP contribution is 2.30. The van der Waals surface area contributed by atoms with E-state index < -0.39 is 0 Å². The van der Waals surface area contributed by atoms with E-state index in [1.54, 1.807) is 0 Å². The standard InChI is InChI=1S/C11H21NO2/c1-4-14-8-11(13)12(9(2)3)7-10-5-6-10/h9-10H,4-8H2,1-3H3. The first-order valence-electron chi connectivity index (χ1n) is 5.52. The minimum atomic E-state index is 0.133. The molecule has 0 heterocycles. The first-order valence-corrected chi connectivity index (χ1v) is 5.52. The molecule has 0 aromatic heterocycles. The molecule has 1 saturated carbocycles. The van der Waals surface area contributed by atoms with Crippen molar-refractivity contribution in [1.82, 2.24) is 4.90 Å². The predicted octanol–water partition coefficient (Wildman–Crippen LogP) is 1.67. The third kappa shape index (κ3) is 3.66. The van der Waals surface area contributed by atoms with E-state index in [4.69, 9.17) is 4.74 Å². The lowest BCUT2D eigenvalue weighted by Gasteiger charge is -2.26. The molecule has 0 saturated heterocycles. The Balaban J connectivity index is 2.35. The van der Waals surface area contributed by atoms with Crippen LogP contribution in [0.4, 0.5) is 0 Å². The first-order chi connectivity index (χ1) is 6.65. The van der Waals surface area contributed by atoms with E-state index in [9.17, 15) is 4.79 Å². The van der Waals surface area contributed by atoms with Gasteiger partial charge >= 0.3 is 0 Å². The summed E-state index contributed by atoms with van der Waals surface area (Å²) in [6, 6.07) is 0.295. The van der Waals surface area contributed by atoms with E-state index in [-0.39, 0.29) is 12.5 Å². The van der Waals surface area contributed by atoms with Crippen LogP contribution in [0.3, 0.4) is 0 Å². The molecule has 1 rings (SSSR count). The van der Waals surface area contributed by atoms with Crippen LogP contribution in [-0.4, -0.2) is 36.6 Å². The van der Waals surface area contributed by atoms with Crippen molar-refractivity contribution in [2.24, 2.45) is 5.92 Å². The van der Waals surface area contributed by atoms with Gasteiger partial charge in [-0.05, 0) is 39.5 Å². The van der Waals surface area contributed by atoms with Gasteiger partial charge in [-0.2, -0.15) is 0 Å². The molecule has 0 aromatic carbocycles. The van der Waals surface area contributed by atoms with Crippen molar-refractivity contribution < 1.29 is 9.53 Å². The zero-order valence-electron chi connectivity index (χ0n) is 9.45. The van der Waals surface area contributed by atoms with Gasteiger partial charge in [-0.25, -0.2) is 0 Å². The second-order valence-corrected chi connectivity index (χ2v) is 4.22. The van der Waals surface area contributed by atoms with Crippen LogP contribution in [0.2, 0.25) is 0 Å². The van der Waals surface area contributed by atoms with Crippen LogP contribution in [0, 0.1) is 5.92 Å². The Bertz CT molecular complexity index is 188. The molecule has 3 heteroatoms. The molecular weight excluding hydrogens is 178 g/mol. The average Bonchev–Trinajstić information content (AvgIpc) is 2.93. The average molecular weight is 199 g/mol. The number of amides is 1. The lowest BCUT2D eigenvalue weighted by molar-refractivity contribution is -0.138. The van der Waals surface area contributed by atoms with Gasteiger partial charge in [0.05, 0.1) is 0 Å². The second-order valence-electron chi connectivity index (χ2n) is 4.22. The quantitative estimate of drug-likeness (QED) is 0.651. The number of hydrogen-bond donors (Lipinski definition) is 0. The summed E-state index contributed by atoms with van der Waals surface area (Å²) in [5.74, 6) is 0.886. The molecule has 82 valence electrons. The Hall–Kier alpha value is -0.570. The molecule has 3 nitrogen and oxygen atoms in total. The molecule has 1 aliphatic carbocycles. The van der Waals surface area contributed by atoms with Gasteiger partial charge in [-0.3, -0.25) is 4.79 Å². The molecule has 1 amide bonds. The summed E-state index contributed by atoms with van der Waals surface area (Å²) in [4.78, 5) is 13.6. The van der Waals surface area contributed by atoms with Crippen molar-refractivity contribution in [3.63, 3.8) is 0 Å². The summed E-state index contributed by atoms with van der Waals surface area (Å²) < 4.78 is 5.14. The largest absolute Gasteiger partial charge is 0.372 e. The zero-order valence-corrected chi connectivity index (χ0v) is 9.45. The van der Waals surface area contributed by atoms with Crippen molar-refractivity contribution in [1.29, 1.82) is 0 Å². The van der Waals surface area contributed by atoms with E-state index in [2.05, 4.69) is 13.8 Å². The van der Waals surface area contributed by atoms with Crippen LogP contribution in [-0.2, 0) is 9.53 Å². The molecule has 0 N–H and O–H groups in total. The summed E-state index contributed by atoms with van der Waals surface area (Å²) in [5, 5.41) is 0. The van der Waals surface area contributed by atoms with Crippen LogP contribution >= 0.6 is 0 Å². The Morgan fingerprint density at radius 1 is 1.50 bits per heavy atom. The van der Waals surface area contributed by atoms with Crippen LogP contribution in [0.5, 0.6) is 0 Å². The third-order valence-electron chi connectivity index (χ3n) is 2.53. The molecule has 0 unspecified atom stereocenters. The molecule has 1 aliphatic rings. The summed E-state index contributed by atoms with van der Waals surface area (Å²) in [5.41, 5.74) is 0. The Labute approximate surface area is 86.4 Å². The van der Waals surface area contributed by atoms with Crippen molar-refractivity contribution in [3.8, 4) is 0 Å². The summed E-state index contributed by atoms with van der Waals surface area (Å²) in [6.45, 7) is 7.80. The van der Waals surface area contributed by atoms with Gasteiger partial charge in [0.2, 0.25) is 5.91 Å². The Kier molecular flexibility index (Phi) is 4.39. The number of carbonyl (C=O) groups excluding carboxylic acids is 1. The predicted molar refractivity (Wildman–Crippen MR) is 56.1 cm³/mol. The second kappa shape index (κ2) is 5.35. The maximum Gasteiger partial charge on any atom is 0.248 e. The highest BCUT2D eigenvalue weighted by molar-refractivity contribution is 5.77. The lowest BCUT2D eigenvalue weighted by atomic mass is 10.2. The van der Waals surface area contributed by atoms with Crippen molar-refractivity contribution >= 4 is 5.91 Å². The fourth-order valence-electron chi connectivity index (χ4n) is 1.45. The first kappa shape index (κ1) is 11.5. The maximum atomic E-state index is 11.7. The van der Waals surface area contributed by atoms with Gasteiger partial charge in [0.15, 0.2) is 0 Å². The molecular formula is C11H21NO2. The highest BCUT2D eigenvalue weighted by Gasteiger charge is 2.27. The summed E-state index contributed by atoms with van der Waals surface area (Å²) in [7, 11) is 0. The molecule has 0 spiro atoms. The topological polar surface area (TPSA) is 29.5 Å². The Morgan fingerprint density at radius 2 is 2.14 bits per heavy atom. The smallest absolute Gasteiger partial charge is 0.248 e. The number of nitrogens with zero attached hydrogens (tertiary/aromatic N) is 1. The minimum Gasteiger partial charge on any atom is -0.372 e. The van der Waals surface area contributed by atoms with Gasteiger partial charge in [-0.1, -0.05) is 0 Å². The fraction of sp³-hybridized carbons (Fsp3) is 0.909. The van der Waals surface area contributed by atoms with Crippen LogP contribution < -0.4 is 0 Å². The maximum absolute atomic E-state index is 11.7. The lowest BCUT2D eigenvalue weighted by Crippen LogP contribution is -2.40. The fourth-order valence-corrected chi connectivity index (χ4v) is 1.45. The van der Waals surface area contributed by atoms with E-state index >= 15 is 0 Å². The molecule has 1 fully saturated rings. The number of hydrogen-bond acceptors (Lipinski definition) is 2. The third-order valence-corrected chi connectivity index (χ3v) is 2.53. The SMILES string of the molecule is CCOCC(=O)N(CC1CC1)C(C)C. The van der Waals surface area contributed by atoms with Gasteiger partial charge in [0, 0.05) is 19.2 Å². The minimum absolute atomic E-state index is 0.133.